The van der Waals surface area contributed by atoms with E-state index in [4.69, 9.17) is 5.11 Å². The van der Waals surface area contributed by atoms with E-state index in [0.29, 0.717) is 12.6 Å². The van der Waals surface area contributed by atoms with Crippen LogP contribution in [0.2, 0.25) is 0 Å². The average Bonchev–Trinajstić information content (AvgIpc) is 3.03. The summed E-state index contributed by atoms with van der Waals surface area (Å²) in [5.41, 5.74) is 0. The molecular weight excluding hydrogens is 232 g/mol. The quantitative estimate of drug-likeness (QED) is 0.815. The molecule has 1 N–H and O–H groups in total. The first-order valence-electron chi connectivity index (χ1n) is 6.92. The summed E-state index contributed by atoms with van der Waals surface area (Å²) in [5.74, 6) is -0.919. The Morgan fingerprint density at radius 2 is 1.61 bits per heavy atom. The molecule has 0 aromatic heterocycles. The van der Waals surface area contributed by atoms with Gasteiger partial charge in [0.15, 0.2) is 0 Å². The van der Waals surface area contributed by atoms with Gasteiger partial charge in [-0.1, -0.05) is 12.8 Å². The van der Waals surface area contributed by atoms with Crippen LogP contribution in [0.4, 0.5) is 4.79 Å². The summed E-state index contributed by atoms with van der Waals surface area (Å²) in [4.78, 5) is 26.7. The Morgan fingerprint density at radius 1 is 1.06 bits per heavy atom. The molecule has 0 aliphatic heterocycles. The molecule has 18 heavy (non-hydrogen) atoms. The molecule has 2 fully saturated rings. The van der Waals surface area contributed by atoms with Gasteiger partial charge in [-0.05, 0) is 32.6 Å². The van der Waals surface area contributed by atoms with Gasteiger partial charge >= 0.3 is 12.0 Å². The van der Waals surface area contributed by atoms with E-state index in [1.54, 1.807) is 4.90 Å². The number of aliphatic carboxylic acids is 1. The molecule has 2 amide bonds. The molecule has 2 rings (SSSR count). The maximum atomic E-state index is 12.5. The van der Waals surface area contributed by atoms with E-state index >= 15 is 0 Å². The topological polar surface area (TPSA) is 60.9 Å². The molecule has 0 radical (unpaired) electrons. The molecule has 0 bridgehead atoms. The number of carbonyl (C=O) groups is 2. The summed E-state index contributed by atoms with van der Waals surface area (Å²) in [6.45, 7) is 2.49. The van der Waals surface area contributed by atoms with Gasteiger partial charge in [0, 0.05) is 18.6 Å². The third-order valence-corrected chi connectivity index (χ3v) is 3.89. The van der Waals surface area contributed by atoms with Crippen molar-refractivity contribution in [1.82, 2.24) is 9.80 Å². The average molecular weight is 254 g/mol. The molecule has 0 aromatic rings. The monoisotopic (exact) mass is 254 g/mol. The lowest BCUT2D eigenvalue weighted by molar-refractivity contribution is -0.137. The molecule has 2 saturated carbocycles. The third kappa shape index (κ3) is 2.94. The van der Waals surface area contributed by atoms with Crippen LogP contribution in [0.3, 0.4) is 0 Å². The summed E-state index contributed by atoms with van der Waals surface area (Å²) in [5, 5.41) is 8.92. The molecule has 5 nitrogen and oxygen atoms in total. The van der Waals surface area contributed by atoms with Crippen molar-refractivity contribution in [2.45, 2.75) is 57.5 Å². The van der Waals surface area contributed by atoms with Gasteiger partial charge in [0.1, 0.15) is 6.54 Å². The van der Waals surface area contributed by atoms with Crippen molar-refractivity contribution in [2.24, 2.45) is 0 Å². The summed E-state index contributed by atoms with van der Waals surface area (Å²) in [6, 6.07) is 0.399. The number of carboxylic acids is 1. The standard InChI is InChI=1S/C13H22N2O3/c1-2-14(10-5-3-4-6-10)13(18)15(9-12(16)17)11-7-8-11/h10-11H,2-9H2,1H3,(H,16,17). The number of hydrogen-bond donors (Lipinski definition) is 1. The van der Waals surface area contributed by atoms with Crippen molar-refractivity contribution in [1.29, 1.82) is 0 Å². The van der Waals surface area contributed by atoms with Crippen molar-refractivity contribution < 1.29 is 14.7 Å². The van der Waals surface area contributed by atoms with E-state index < -0.39 is 5.97 Å². The molecule has 0 unspecified atom stereocenters. The van der Waals surface area contributed by atoms with Crippen LogP contribution in [0.5, 0.6) is 0 Å². The van der Waals surface area contributed by atoms with Crippen LogP contribution in [-0.2, 0) is 4.79 Å². The maximum absolute atomic E-state index is 12.5. The van der Waals surface area contributed by atoms with E-state index in [9.17, 15) is 9.59 Å². The Kier molecular flexibility index (Phi) is 4.09. The lowest BCUT2D eigenvalue weighted by Crippen LogP contribution is -2.49. The van der Waals surface area contributed by atoms with Gasteiger partial charge in [0.2, 0.25) is 0 Å². The lowest BCUT2D eigenvalue weighted by Gasteiger charge is -2.33. The van der Waals surface area contributed by atoms with Gasteiger partial charge in [-0.2, -0.15) is 0 Å². The van der Waals surface area contributed by atoms with Crippen molar-refractivity contribution in [2.75, 3.05) is 13.1 Å². The van der Waals surface area contributed by atoms with E-state index in [2.05, 4.69) is 0 Å². The van der Waals surface area contributed by atoms with Gasteiger partial charge in [0.25, 0.3) is 0 Å². The molecule has 0 heterocycles. The van der Waals surface area contributed by atoms with Crippen molar-refractivity contribution in [3.8, 4) is 0 Å². The summed E-state index contributed by atoms with van der Waals surface area (Å²) in [7, 11) is 0. The van der Waals surface area contributed by atoms with Gasteiger partial charge in [0.05, 0.1) is 0 Å². The van der Waals surface area contributed by atoms with Crippen molar-refractivity contribution in [3.05, 3.63) is 0 Å². The summed E-state index contributed by atoms with van der Waals surface area (Å²) in [6.07, 6.45) is 6.37. The zero-order valence-electron chi connectivity index (χ0n) is 11.0. The second-order valence-corrected chi connectivity index (χ2v) is 5.26. The Morgan fingerprint density at radius 3 is 2.06 bits per heavy atom. The van der Waals surface area contributed by atoms with E-state index in [0.717, 1.165) is 25.7 Å². The predicted octanol–water partition coefficient (Wildman–Crippen LogP) is 1.92. The van der Waals surface area contributed by atoms with E-state index in [-0.39, 0.29) is 18.6 Å². The first kappa shape index (κ1) is 13.2. The molecule has 0 aromatic carbocycles. The normalized spacial score (nSPS) is 19.8. The van der Waals surface area contributed by atoms with Crippen LogP contribution < -0.4 is 0 Å². The summed E-state index contributed by atoms with van der Waals surface area (Å²) >= 11 is 0. The predicted molar refractivity (Wildman–Crippen MR) is 67.4 cm³/mol. The Labute approximate surface area is 108 Å². The van der Waals surface area contributed by atoms with Crippen molar-refractivity contribution in [3.63, 3.8) is 0 Å². The Bertz CT molecular complexity index is 322. The Hall–Kier alpha value is -1.26. The number of carboxylic acid groups (broad SMARTS) is 1. The van der Waals surface area contributed by atoms with Crippen LogP contribution in [0.1, 0.15) is 45.4 Å². The first-order valence-corrected chi connectivity index (χ1v) is 6.92. The van der Waals surface area contributed by atoms with Gasteiger partial charge < -0.3 is 14.9 Å². The number of hydrogen-bond acceptors (Lipinski definition) is 2. The molecule has 0 spiro atoms. The van der Waals surface area contributed by atoms with Crippen LogP contribution >= 0.6 is 0 Å². The van der Waals surface area contributed by atoms with Crippen LogP contribution in [-0.4, -0.2) is 52.1 Å². The number of amides is 2. The molecule has 5 heteroatoms. The highest BCUT2D eigenvalue weighted by Gasteiger charge is 2.37. The fourth-order valence-electron chi connectivity index (χ4n) is 2.82. The van der Waals surface area contributed by atoms with Crippen molar-refractivity contribution >= 4 is 12.0 Å². The fourth-order valence-corrected chi connectivity index (χ4v) is 2.82. The molecular formula is C13H22N2O3. The number of nitrogens with zero attached hydrogens (tertiary/aromatic N) is 2. The van der Waals surface area contributed by atoms with E-state index in [1.165, 1.54) is 12.8 Å². The minimum absolute atomic E-state index is 0.0747. The maximum Gasteiger partial charge on any atom is 0.323 e. The van der Waals surface area contributed by atoms with Gasteiger partial charge in [-0.25, -0.2) is 4.79 Å². The number of urea groups is 1. The zero-order valence-corrected chi connectivity index (χ0v) is 11.0. The fraction of sp³-hybridized carbons (Fsp3) is 0.846. The highest BCUT2D eigenvalue weighted by molar-refractivity contribution is 5.81. The molecule has 0 saturated heterocycles. The zero-order chi connectivity index (χ0) is 13.1. The van der Waals surface area contributed by atoms with E-state index in [1.807, 2.05) is 11.8 Å². The third-order valence-electron chi connectivity index (χ3n) is 3.89. The lowest BCUT2D eigenvalue weighted by atomic mass is 10.2. The molecule has 2 aliphatic rings. The number of rotatable bonds is 5. The molecule has 102 valence electrons. The summed E-state index contributed by atoms with van der Waals surface area (Å²) < 4.78 is 0. The van der Waals surface area contributed by atoms with Crippen LogP contribution in [0.25, 0.3) is 0 Å². The highest BCUT2D eigenvalue weighted by Crippen LogP contribution is 2.30. The minimum atomic E-state index is -0.919. The molecule has 2 aliphatic carbocycles. The smallest absolute Gasteiger partial charge is 0.323 e. The highest BCUT2D eigenvalue weighted by atomic mass is 16.4. The van der Waals surface area contributed by atoms with Gasteiger partial charge in [-0.15, -0.1) is 0 Å². The number of carbonyl (C=O) groups excluding carboxylic acids is 1. The van der Waals surface area contributed by atoms with Crippen LogP contribution in [0, 0.1) is 0 Å². The molecule has 0 atom stereocenters. The Balaban J connectivity index is 2.02. The first-order chi connectivity index (χ1) is 8.63. The SMILES string of the molecule is CCN(C(=O)N(CC(=O)O)C1CC1)C1CCCC1. The second-order valence-electron chi connectivity index (χ2n) is 5.26. The second kappa shape index (κ2) is 5.59. The van der Waals surface area contributed by atoms with Crippen LogP contribution in [0.15, 0.2) is 0 Å². The van der Waals surface area contributed by atoms with Gasteiger partial charge in [-0.3, -0.25) is 4.79 Å². The largest absolute Gasteiger partial charge is 0.480 e. The minimum Gasteiger partial charge on any atom is -0.480 e.